The van der Waals surface area contributed by atoms with E-state index < -0.39 is 40.3 Å². The van der Waals surface area contributed by atoms with E-state index in [9.17, 15) is 24.3 Å². The first-order valence-corrected chi connectivity index (χ1v) is 13.9. The van der Waals surface area contributed by atoms with Crippen molar-refractivity contribution in [3.8, 4) is 0 Å². The Bertz CT molecular complexity index is 1110. The summed E-state index contributed by atoms with van der Waals surface area (Å²) < 4.78 is 4.38. The van der Waals surface area contributed by atoms with E-state index in [1.807, 2.05) is 48.5 Å². The largest absolute Gasteiger partial charge is 0.521 e. The minimum absolute atomic E-state index is 0.0272. The number of carbonyl (C=O) groups excluding carboxylic acids is 3. The molecule has 0 saturated carbocycles. The molecule has 2 aromatic carbocycles. The van der Waals surface area contributed by atoms with E-state index in [1.165, 1.54) is 0 Å². The summed E-state index contributed by atoms with van der Waals surface area (Å²) >= 11 is 0. The van der Waals surface area contributed by atoms with E-state index in [2.05, 4.69) is 17.7 Å². The van der Waals surface area contributed by atoms with Crippen LogP contribution in [0.3, 0.4) is 0 Å². The van der Waals surface area contributed by atoms with Crippen LogP contribution in [0.15, 0.2) is 60.7 Å². The van der Waals surface area contributed by atoms with Crippen LogP contribution in [0, 0.1) is 5.92 Å². The third kappa shape index (κ3) is 8.45. The van der Waals surface area contributed by atoms with Crippen molar-refractivity contribution in [1.29, 1.82) is 0 Å². The Morgan fingerprint density at radius 2 is 1.62 bits per heavy atom. The maximum atomic E-state index is 14.1. The first-order chi connectivity index (χ1) is 19.4. The van der Waals surface area contributed by atoms with E-state index in [4.69, 9.17) is 9.57 Å². The van der Waals surface area contributed by atoms with Gasteiger partial charge in [-0.25, -0.2) is 15.1 Å². The zero-order valence-corrected chi connectivity index (χ0v) is 23.1. The van der Waals surface area contributed by atoms with Crippen molar-refractivity contribution >= 4 is 23.9 Å². The molecule has 3 amide bonds. The van der Waals surface area contributed by atoms with Crippen molar-refractivity contribution in [3.05, 3.63) is 71.8 Å². The molecule has 40 heavy (non-hydrogen) atoms. The van der Waals surface area contributed by atoms with Gasteiger partial charge in [0.05, 0.1) is 19.1 Å². The summed E-state index contributed by atoms with van der Waals surface area (Å²) in [7, 11) is 0. The second-order valence-corrected chi connectivity index (χ2v) is 10.1. The number of hydrogen-bond donors (Lipinski definition) is 3. The van der Waals surface area contributed by atoms with Crippen LogP contribution in [0.1, 0.15) is 56.6 Å². The number of carboxylic acid groups (broad SMARTS) is 1. The van der Waals surface area contributed by atoms with Crippen LogP contribution < -0.4 is 10.8 Å². The molecule has 3 N–H and O–H groups in total. The molecule has 0 bridgehead atoms. The number of unbranched alkanes of at least 4 members (excludes halogenated alkanes) is 3. The lowest BCUT2D eigenvalue weighted by Gasteiger charge is -2.40. The predicted octanol–water partition coefficient (Wildman–Crippen LogP) is 3.95. The summed E-state index contributed by atoms with van der Waals surface area (Å²) in [5.41, 5.74) is 4.00. The van der Waals surface area contributed by atoms with Crippen molar-refractivity contribution in [2.75, 3.05) is 19.6 Å². The Kier molecular flexibility index (Phi) is 12.3. The standard InChI is InChI=1S/C30H39N3O7/c1-2-3-4-11-16-25(19-27(34)32-40-22-24-14-9-6-10-15-24)28(35)33(30(37)38)18-17-31-20-26(33)29(36)39-21-23-12-7-5-8-13-23/h5-10,12-15,25-26,31H,2-4,11,16-22H2,1H3,(H-,32,34,37,38)/p+1/t25-,26?,33-/m1/s1. The maximum Gasteiger partial charge on any atom is 0.521 e. The second kappa shape index (κ2) is 15.9. The van der Waals surface area contributed by atoms with Crippen LogP contribution in [0.2, 0.25) is 0 Å². The quantitative estimate of drug-likeness (QED) is 0.139. The number of nitrogens with zero attached hydrogens (tertiary/aromatic N) is 1. The van der Waals surface area contributed by atoms with Gasteiger partial charge in [0.15, 0.2) is 0 Å². The van der Waals surface area contributed by atoms with Gasteiger partial charge in [-0.3, -0.25) is 9.63 Å². The van der Waals surface area contributed by atoms with Gasteiger partial charge in [-0.15, -0.1) is 4.48 Å². The Morgan fingerprint density at radius 1 is 0.975 bits per heavy atom. The number of hydroxylamine groups is 1. The van der Waals surface area contributed by atoms with Crippen LogP contribution in [0.4, 0.5) is 4.79 Å². The zero-order valence-electron chi connectivity index (χ0n) is 23.1. The summed E-state index contributed by atoms with van der Waals surface area (Å²) in [5.74, 6) is -2.86. The molecule has 3 atom stereocenters. The number of piperazine rings is 1. The highest BCUT2D eigenvalue weighted by molar-refractivity contribution is 5.90. The highest BCUT2D eigenvalue weighted by atomic mass is 16.6. The molecular weight excluding hydrogens is 514 g/mol. The van der Waals surface area contributed by atoms with Gasteiger partial charge < -0.3 is 15.2 Å². The van der Waals surface area contributed by atoms with Gasteiger partial charge in [0, 0.05) is 13.0 Å². The van der Waals surface area contributed by atoms with E-state index >= 15 is 0 Å². The highest BCUT2D eigenvalue weighted by Crippen LogP contribution is 2.28. The number of quaternary nitrogens is 1. The summed E-state index contributed by atoms with van der Waals surface area (Å²) in [5, 5.41) is 13.4. The first kappa shape index (κ1) is 30.9. The third-order valence-corrected chi connectivity index (χ3v) is 7.20. The lowest BCUT2D eigenvalue weighted by Crippen LogP contribution is -2.73. The topological polar surface area (TPSA) is 131 Å². The SMILES string of the molecule is CCCCCC[C@H](CC(=O)NOCc1ccccc1)C(=O)[N@@+]1(C(=O)O)CCNCC1C(=O)OCc1ccccc1. The number of amides is 3. The van der Waals surface area contributed by atoms with Crippen molar-refractivity contribution in [2.45, 2.75) is 64.7 Å². The average Bonchev–Trinajstić information content (AvgIpc) is 2.98. The Labute approximate surface area is 235 Å². The average molecular weight is 555 g/mol. The molecule has 0 aliphatic carbocycles. The van der Waals surface area contributed by atoms with Crippen LogP contribution in [-0.4, -0.2) is 59.1 Å². The van der Waals surface area contributed by atoms with Crippen LogP contribution >= 0.6 is 0 Å². The molecule has 1 fully saturated rings. The molecule has 0 aromatic heterocycles. The lowest BCUT2D eigenvalue weighted by molar-refractivity contribution is -0.804. The van der Waals surface area contributed by atoms with Gasteiger partial charge in [-0.1, -0.05) is 93.3 Å². The van der Waals surface area contributed by atoms with Crippen molar-refractivity contribution in [1.82, 2.24) is 10.8 Å². The van der Waals surface area contributed by atoms with Gasteiger partial charge in [-0.2, -0.15) is 4.79 Å². The fraction of sp³-hybridized carbons (Fsp3) is 0.467. The van der Waals surface area contributed by atoms with Crippen molar-refractivity contribution in [3.63, 3.8) is 0 Å². The molecule has 10 heteroatoms. The number of imide groups is 1. The van der Waals surface area contributed by atoms with Crippen molar-refractivity contribution < 1.29 is 38.3 Å². The number of ether oxygens (including phenoxy) is 1. The van der Waals surface area contributed by atoms with E-state index in [0.29, 0.717) is 12.8 Å². The number of carbonyl (C=O) groups is 4. The minimum atomic E-state index is -1.42. The summed E-state index contributed by atoms with van der Waals surface area (Å²) in [4.78, 5) is 58.3. The molecule has 1 saturated heterocycles. The zero-order chi connectivity index (χ0) is 28.8. The Balaban J connectivity index is 1.75. The van der Waals surface area contributed by atoms with Crippen molar-refractivity contribution in [2.24, 2.45) is 5.92 Å². The molecule has 1 heterocycles. The molecule has 216 valence electrons. The first-order valence-electron chi connectivity index (χ1n) is 13.9. The third-order valence-electron chi connectivity index (χ3n) is 7.20. The summed E-state index contributed by atoms with van der Waals surface area (Å²) in [6.07, 6.45) is 2.12. The van der Waals surface area contributed by atoms with E-state index in [0.717, 1.165) is 30.4 Å². The molecular formula is C30H40N3O7+. The Hall–Kier alpha value is -3.60. The van der Waals surface area contributed by atoms with Gasteiger partial charge in [0.1, 0.15) is 13.2 Å². The molecule has 1 unspecified atom stereocenters. The van der Waals surface area contributed by atoms with E-state index in [-0.39, 0.29) is 39.3 Å². The van der Waals surface area contributed by atoms with Crippen LogP contribution in [0.5, 0.6) is 0 Å². The smallest absolute Gasteiger partial charge is 0.456 e. The maximum absolute atomic E-state index is 14.1. The lowest BCUT2D eigenvalue weighted by atomic mass is 9.92. The predicted molar refractivity (Wildman–Crippen MR) is 147 cm³/mol. The van der Waals surface area contributed by atoms with Crippen LogP contribution in [-0.2, 0) is 37.2 Å². The molecule has 0 spiro atoms. The summed E-state index contributed by atoms with van der Waals surface area (Å²) in [6, 6.07) is 17.1. The number of hydrogen-bond acceptors (Lipinski definition) is 7. The minimum Gasteiger partial charge on any atom is -0.456 e. The normalized spacial score (nSPS) is 19.4. The van der Waals surface area contributed by atoms with Gasteiger partial charge >= 0.3 is 18.0 Å². The van der Waals surface area contributed by atoms with Gasteiger partial charge in [-0.05, 0) is 17.5 Å². The fourth-order valence-corrected chi connectivity index (χ4v) is 4.98. The molecule has 2 aromatic rings. The molecule has 1 aliphatic rings. The Morgan fingerprint density at radius 3 is 2.25 bits per heavy atom. The van der Waals surface area contributed by atoms with Crippen LogP contribution in [0.25, 0.3) is 0 Å². The second-order valence-electron chi connectivity index (χ2n) is 10.1. The molecule has 10 nitrogen and oxygen atoms in total. The highest BCUT2D eigenvalue weighted by Gasteiger charge is 2.58. The summed E-state index contributed by atoms with van der Waals surface area (Å²) in [6.45, 7) is 2.26. The molecule has 0 radical (unpaired) electrons. The molecule has 1 aliphatic heterocycles. The van der Waals surface area contributed by atoms with E-state index in [1.54, 1.807) is 12.1 Å². The van der Waals surface area contributed by atoms with Gasteiger partial charge in [0.2, 0.25) is 11.9 Å². The number of rotatable bonds is 14. The number of benzene rings is 2. The number of esters is 1. The van der Waals surface area contributed by atoms with Gasteiger partial charge in [0.25, 0.3) is 0 Å². The fourth-order valence-electron chi connectivity index (χ4n) is 4.98. The molecule has 3 rings (SSSR count). The monoisotopic (exact) mass is 554 g/mol. The number of nitrogens with one attached hydrogen (secondary N) is 2.